The number of ether oxygens (including phenoxy) is 1. The summed E-state index contributed by atoms with van der Waals surface area (Å²) in [6.07, 6.45) is 1.75. The molecular formula is C13H19BrN2O2. The number of hydrogen-bond donors (Lipinski definition) is 2. The topological polar surface area (TPSA) is 78.3 Å². The molecule has 0 fully saturated rings. The summed E-state index contributed by atoms with van der Waals surface area (Å²) in [5.74, 6) is 0.488. The lowest BCUT2D eigenvalue weighted by molar-refractivity contribution is -0.118. The van der Waals surface area contributed by atoms with Crippen LogP contribution in [-0.4, -0.2) is 13.0 Å². The van der Waals surface area contributed by atoms with E-state index in [4.69, 9.17) is 16.2 Å². The Balaban J connectivity index is 2.80. The summed E-state index contributed by atoms with van der Waals surface area (Å²) >= 11 is 3.48. The molecule has 0 aliphatic rings. The lowest BCUT2D eigenvalue weighted by Crippen LogP contribution is -2.14. The predicted octanol–water partition coefficient (Wildman–Crippen LogP) is 2.42. The molecule has 0 saturated heterocycles. The zero-order valence-corrected chi connectivity index (χ0v) is 12.3. The van der Waals surface area contributed by atoms with Crippen molar-refractivity contribution in [3.8, 4) is 5.75 Å². The second-order valence-corrected chi connectivity index (χ2v) is 5.16. The molecule has 100 valence electrons. The molecule has 0 aliphatic heterocycles. The molecule has 4 nitrogen and oxygen atoms in total. The maximum Gasteiger partial charge on any atom is 0.217 e. The molecule has 0 heterocycles. The molecule has 1 rings (SSSR count). The Labute approximate surface area is 116 Å². The van der Waals surface area contributed by atoms with Gasteiger partial charge < -0.3 is 16.2 Å². The van der Waals surface area contributed by atoms with Gasteiger partial charge in [-0.15, -0.1) is 0 Å². The molecule has 1 amide bonds. The van der Waals surface area contributed by atoms with Gasteiger partial charge >= 0.3 is 0 Å². The largest absolute Gasteiger partial charge is 0.496 e. The minimum Gasteiger partial charge on any atom is -0.496 e. The van der Waals surface area contributed by atoms with Crippen LogP contribution in [0.25, 0.3) is 0 Å². The van der Waals surface area contributed by atoms with E-state index in [0.29, 0.717) is 19.3 Å². The molecule has 0 saturated carbocycles. The molecule has 0 spiro atoms. The second-order valence-electron chi connectivity index (χ2n) is 4.31. The average molecular weight is 315 g/mol. The Morgan fingerprint density at radius 3 is 2.72 bits per heavy atom. The zero-order valence-electron chi connectivity index (χ0n) is 10.7. The summed E-state index contributed by atoms with van der Waals surface area (Å²) in [6.45, 7) is 2.00. The molecule has 4 N–H and O–H groups in total. The Kier molecular flexibility index (Phi) is 5.62. The second kappa shape index (κ2) is 6.75. The molecule has 0 radical (unpaired) electrons. The first-order chi connectivity index (χ1) is 8.45. The fourth-order valence-corrected chi connectivity index (χ4v) is 2.15. The minimum absolute atomic E-state index is 0.156. The number of benzene rings is 1. The number of aryl methyl sites for hydroxylation is 1. The zero-order chi connectivity index (χ0) is 13.7. The van der Waals surface area contributed by atoms with Gasteiger partial charge in [0.15, 0.2) is 0 Å². The lowest BCUT2D eigenvalue weighted by Gasteiger charge is -2.17. The number of carbonyl (C=O) groups is 1. The minimum atomic E-state index is -0.292. The Morgan fingerprint density at radius 1 is 1.50 bits per heavy atom. The SMILES string of the molecule is COc1cc(C)c(Br)cc1C(N)CCCC(N)=O. The normalized spacial score (nSPS) is 12.2. The Hall–Kier alpha value is -1.07. The highest BCUT2D eigenvalue weighted by Crippen LogP contribution is 2.32. The highest BCUT2D eigenvalue weighted by atomic mass is 79.9. The summed E-state index contributed by atoms with van der Waals surface area (Å²) < 4.78 is 6.34. The van der Waals surface area contributed by atoms with Crippen LogP contribution in [0.2, 0.25) is 0 Å². The van der Waals surface area contributed by atoms with Gasteiger partial charge in [-0.2, -0.15) is 0 Å². The predicted molar refractivity (Wildman–Crippen MR) is 75.4 cm³/mol. The van der Waals surface area contributed by atoms with E-state index >= 15 is 0 Å². The fourth-order valence-electron chi connectivity index (χ4n) is 1.79. The van der Waals surface area contributed by atoms with Crippen LogP contribution in [0, 0.1) is 6.92 Å². The van der Waals surface area contributed by atoms with Crippen LogP contribution in [0.1, 0.15) is 36.4 Å². The first kappa shape index (κ1) is 15.0. The number of nitrogens with two attached hydrogens (primary N) is 2. The van der Waals surface area contributed by atoms with Crippen molar-refractivity contribution in [2.45, 2.75) is 32.2 Å². The number of methoxy groups -OCH3 is 1. The maximum absolute atomic E-state index is 10.7. The molecule has 1 atom stereocenters. The molecular weight excluding hydrogens is 296 g/mol. The summed E-state index contributed by atoms with van der Waals surface area (Å²) in [7, 11) is 1.63. The molecule has 0 aromatic heterocycles. The monoisotopic (exact) mass is 314 g/mol. The molecule has 5 heteroatoms. The van der Waals surface area contributed by atoms with Gasteiger partial charge in [-0.25, -0.2) is 0 Å². The van der Waals surface area contributed by atoms with Crippen molar-refractivity contribution in [2.75, 3.05) is 7.11 Å². The van der Waals surface area contributed by atoms with E-state index in [9.17, 15) is 4.79 Å². The summed E-state index contributed by atoms with van der Waals surface area (Å²) in [5.41, 5.74) is 13.3. The van der Waals surface area contributed by atoms with E-state index in [0.717, 1.165) is 21.3 Å². The van der Waals surface area contributed by atoms with Gasteiger partial charge in [-0.1, -0.05) is 15.9 Å². The van der Waals surface area contributed by atoms with E-state index in [1.807, 2.05) is 19.1 Å². The van der Waals surface area contributed by atoms with E-state index in [2.05, 4.69) is 15.9 Å². The van der Waals surface area contributed by atoms with Gasteiger partial charge in [-0.05, 0) is 37.5 Å². The van der Waals surface area contributed by atoms with Crippen molar-refractivity contribution < 1.29 is 9.53 Å². The number of carbonyl (C=O) groups excluding carboxylic acids is 1. The van der Waals surface area contributed by atoms with E-state index in [1.165, 1.54) is 0 Å². The Morgan fingerprint density at radius 2 is 2.17 bits per heavy atom. The van der Waals surface area contributed by atoms with Gasteiger partial charge in [0, 0.05) is 22.5 Å². The van der Waals surface area contributed by atoms with Crippen molar-refractivity contribution in [1.82, 2.24) is 0 Å². The quantitative estimate of drug-likeness (QED) is 0.846. The van der Waals surface area contributed by atoms with Crippen LogP contribution in [-0.2, 0) is 4.79 Å². The van der Waals surface area contributed by atoms with E-state index in [1.54, 1.807) is 7.11 Å². The number of amides is 1. The number of hydrogen-bond acceptors (Lipinski definition) is 3. The van der Waals surface area contributed by atoms with Gasteiger partial charge in [0.2, 0.25) is 5.91 Å². The molecule has 0 aliphatic carbocycles. The average Bonchev–Trinajstić information content (AvgIpc) is 2.31. The van der Waals surface area contributed by atoms with Crippen LogP contribution in [0.3, 0.4) is 0 Å². The van der Waals surface area contributed by atoms with E-state index in [-0.39, 0.29) is 11.9 Å². The fraction of sp³-hybridized carbons (Fsp3) is 0.462. The van der Waals surface area contributed by atoms with Gasteiger partial charge in [0.25, 0.3) is 0 Å². The Bertz CT molecular complexity index is 435. The van der Waals surface area contributed by atoms with Crippen LogP contribution >= 0.6 is 15.9 Å². The van der Waals surface area contributed by atoms with E-state index < -0.39 is 0 Å². The third kappa shape index (κ3) is 3.99. The number of rotatable bonds is 6. The van der Waals surface area contributed by atoms with Crippen LogP contribution < -0.4 is 16.2 Å². The summed E-state index contributed by atoms with van der Waals surface area (Å²) in [4.78, 5) is 10.7. The van der Waals surface area contributed by atoms with Crippen molar-refractivity contribution in [1.29, 1.82) is 0 Å². The van der Waals surface area contributed by atoms with Crippen molar-refractivity contribution in [2.24, 2.45) is 11.5 Å². The molecule has 1 unspecified atom stereocenters. The third-order valence-corrected chi connectivity index (χ3v) is 3.70. The van der Waals surface area contributed by atoms with Crippen LogP contribution in [0.4, 0.5) is 0 Å². The highest BCUT2D eigenvalue weighted by Gasteiger charge is 2.14. The molecule has 0 bridgehead atoms. The summed E-state index contributed by atoms with van der Waals surface area (Å²) in [6, 6.07) is 3.77. The van der Waals surface area contributed by atoms with Crippen LogP contribution in [0.15, 0.2) is 16.6 Å². The first-order valence-electron chi connectivity index (χ1n) is 5.83. The first-order valence-corrected chi connectivity index (χ1v) is 6.63. The van der Waals surface area contributed by atoms with Gasteiger partial charge in [-0.3, -0.25) is 4.79 Å². The highest BCUT2D eigenvalue weighted by molar-refractivity contribution is 9.10. The molecule has 18 heavy (non-hydrogen) atoms. The molecule has 1 aromatic rings. The van der Waals surface area contributed by atoms with Crippen LogP contribution in [0.5, 0.6) is 5.75 Å². The number of halogens is 1. The van der Waals surface area contributed by atoms with Gasteiger partial charge in [0.05, 0.1) is 7.11 Å². The standard InChI is InChI=1S/C13H19BrN2O2/c1-8-6-12(18-2)9(7-10(8)14)11(15)4-3-5-13(16)17/h6-7,11H,3-5,15H2,1-2H3,(H2,16,17). The summed E-state index contributed by atoms with van der Waals surface area (Å²) in [5, 5.41) is 0. The third-order valence-electron chi connectivity index (χ3n) is 2.85. The van der Waals surface area contributed by atoms with Crippen molar-refractivity contribution in [3.63, 3.8) is 0 Å². The maximum atomic E-state index is 10.7. The molecule has 1 aromatic carbocycles. The smallest absolute Gasteiger partial charge is 0.217 e. The van der Waals surface area contributed by atoms with Gasteiger partial charge in [0.1, 0.15) is 5.75 Å². The number of primary amides is 1. The van der Waals surface area contributed by atoms with Crippen molar-refractivity contribution in [3.05, 3.63) is 27.7 Å². The van der Waals surface area contributed by atoms with Crippen molar-refractivity contribution >= 4 is 21.8 Å². The lowest BCUT2D eigenvalue weighted by atomic mass is 9.99.